The van der Waals surface area contributed by atoms with Crippen molar-refractivity contribution in [3.8, 4) is 0 Å². The molecule has 8 nitrogen and oxygen atoms in total. The second-order valence-corrected chi connectivity index (χ2v) is 7.45. The van der Waals surface area contributed by atoms with Crippen LogP contribution >= 0.6 is 11.6 Å². The molecule has 1 aromatic carbocycles. The molecular formula is C21H29ClN4O4. The number of benzene rings is 1. The van der Waals surface area contributed by atoms with Gasteiger partial charge in [-0.15, -0.1) is 6.58 Å². The lowest BCUT2D eigenvalue weighted by molar-refractivity contribution is -0.135. The third-order valence-electron chi connectivity index (χ3n) is 4.78. The highest BCUT2D eigenvalue weighted by Gasteiger charge is 2.40. The molecule has 2 rings (SSSR count). The van der Waals surface area contributed by atoms with E-state index in [1.807, 2.05) is 0 Å². The van der Waals surface area contributed by atoms with Crippen molar-refractivity contribution in [2.45, 2.75) is 24.8 Å². The van der Waals surface area contributed by atoms with E-state index in [9.17, 15) is 14.4 Å². The highest BCUT2D eigenvalue weighted by atomic mass is 35.5. The van der Waals surface area contributed by atoms with E-state index >= 15 is 0 Å². The van der Waals surface area contributed by atoms with Crippen molar-refractivity contribution in [1.29, 1.82) is 0 Å². The molecule has 0 atom stereocenters. The van der Waals surface area contributed by atoms with Gasteiger partial charge in [0.15, 0.2) is 0 Å². The van der Waals surface area contributed by atoms with Crippen molar-refractivity contribution >= 4 is 29.3 Å². The average Bonchev–Trinajstić information content (AvgIpc) is 2.75. The summed E-state index contributed by atoms with van der Waals surface area (Å²) in [7, 11) is 0. The molecule has 4 N–H and O–H groups in total. The molecule has 1 aliphatic heterocycles. The smallest absolute Gasteiger partial charge is 0.251 e. The summed E-state index contributed by atoms with van der Waals surface area (Å²) in [4.78, 5) is 37.3. The number of halogens is 1. The van der Waals surface area contributed by atoms with Gasteiger partial charge < -0.3 is 26.0 Å². The molecule has 0 aromatic heterocycles. The number of hydrogen-bond donors (Lipinski definition) is 4. The van der Waals surface area contributed by atoms with Crippen molar-refractivity contribution < 1.29 is 19.1 Å². The third-order valence-corrected chi connectivity index (χ3v) is 5.03. The second-order valence-electron chi connectivity index (χ2n) is 7.01. The van der Waals surface area contributed by atoms with Gasteiger partial charge >= 0.3 is 0 Å². The van der Waals surface area contributed by atoms with Crippen LogP contribution in [-0.2, 0) is 14.3 Å². The quantitative estimate of drug-likeness (QED) is 0.306. The molecule has 1 heterocycles. The summed E-state index contributed by atoms with van der Waals surface area (Å²) in [6, 6.07) is 6.55. The lowest BCUT2D eigenvalue weighted by atomic mass is 9.87. The van der Waals surface area contributed by atoms with Gasteiger partial charge in [-0.05, 0) is 50.2 Å². The highest BCUT2D eigenvalue weighted by Crippen LogP contribution is 2.19. The van der Waals surface area contributed by atoms with E-state index in [1.54, 1.807) is 30.3 Å². The summed E-state index contributed by atoms with van der Waals surface area (Å²) in [5, 5.41) is 12.2. The van der Waals surface area contributed by atoms with Crippen LogP contribution in [0.15, 0.2) is 36.9 Å². The normalized spacial score (nSPS) is 15.1. The predicted molar refractivity (Wildman–Crippen MR) is 115 cm³/mol. The zero-order chi connectivity index (χ0) is 21.8. The van der Waals surface area contributed by atoms with Crippen LogP contribution in [0, 0.1) is 0 Å². The van der Waals surface area contributed by atoms with Crippen LogP contribution < -0.4 is 21.3 Å². The molecule has 0 spiro atoms. The summed E-state index contributed by atoms with van der Waals surface area (Å²) < 4.78 is 5.24. The summed E-state index contributed by atoms with van der Waals surface area (Å²) >= 11 is 5.82. The molecule has 1 aliphatic rings. The van der Waals surface area contributed by atoms with E-state index in [-0.39, 0.29) is 43.8 Å². The summed E-state index contributed by atoms with van der Waals surface area (Å²) in [6.45, 7) is 5.99. The molecular weight excluding hydrogens is 408 g/mol. The zero-order valence-corrected chi connectivity index (χ0v) is 17.7. The number of amides is 3. The van der Waals surface area contributed by atoms with Gasteiger partial charge in [-0.1, -0.05) is 17.7 Å². The van der Waals surface area contributed by atoms with Gasteiger partial charge in [-0.2, -0.15) is 0 Å². The molecule has 1 saturated heterocycles. The van der Waals surface area contributed by atoms with Crippen LogP contribution in [0.25, 0.3) is 0 Å². The van der Waals surface area contributed by atoms with E-state index in [2.05, 4.69) is 27.8 Å². The number of hydrogen-bond acceptors (Lipinski definition) is 5. The summed E-state index contributed by atoms with van der Waals surface area (Å²) in [5.41, 5.74) is -0.465. The lowest BCUT2D eigenvalue weighted by Gasteiger charge is -2.37. The van der Waals surface area contributed by atoms with Crippen LogP contribution in [0.3, 0.4) is 0 Å². The first-order valence-corrected chi connectivity index (χ1v) is 10.4. The Morgan fingerprint density at radius 3 is 2.47 bits per heavy atom. The Labute approximate surface area is 181 Å². The molecule has 30 heavy (non-hydrogen) atoms. The van der Waals surface area contributed by atoms with E-state index in [0.29, 0.717) is 43.1 Å². The van der Waals surface area contributed by atoms with Crippen molar-refractivity contribution in [2.75, 3.05) is 39.4 Å². The molecule has 3 amide bonds. The third kappa shape index (κ3) is 7.44. The Hall–Kier alpha value is -2.42. The zero-order valence-electron chi connectivity index (χ0n) is 17.0. The Morgan fingerprint density at radius 1 is 1.13 bits per heavy atom. The van der Waals surface area contributed by atoms with Crippen LogP contribution in [-0.4, -0.2) is 62.7 Å². The van der Waals surface area contributed by atoms with Crippen molar-refractivity contribution in [1.82, 2.24) is 21.3 Å². The number of rotatable bonds is 11. The lowest BCUT2D eigenvalue weighted by Crippen LogP contribution is -2.63. The van der Waals surface area contributed by atoms with E-state index in [0.717, 1.165) is 0 Å². The van der Waals surface area contributed by atoms with Gasteiger partial charge in [0.05, 0.1) is 13.2 Å². The SMILES string of the molecule is C=CCOCCC(=O)NC1(C(=O)NCCNC(=O)c2ccc(Cl)cc2)CCNCC1. The number of piperidine rings is 1. The minimum absolute atomic E-state index is 0.174. The van der Waals surface area contributed by atoms with Gasteiger partial charge in [0, 0.05) is 30.1 Å². The number of ether oxygens (including phenoxy) is 1. The van der Waals surface area contributed by atoms with Crippen LogP contribution in [0.1, 0.15) is 29.6 Å². The first kappa shape index (κ1) is 23.9. The minimum atomic E-state index is -0.957. The first-order valence-electron chi connectivity index (χ1n) is 9.99. The number of nitrogens with one attached hydrogen (secondary N) is 4. The summed E-state index contributed by atoms with van der Waals surface area (Å²) in [6.07, 6.45) is 2.78. The largest absolute Gasteiger partial charge is 0.377 e. The predicted octanol–water partition coefficient (Wildman–Crippen LogP) is 1.02. The maximum Gasteiger partial charge on any atom is 0.251 e. The molecule has 1 aromatic rings. The molecule has 0 radical (unpaired) electrons. The van der Waals surface area contributed by atoms with Crippen molar-refractivity contribution in [2.24, 2.45) is 0 Å². The maximum atomic E-state index is 12.9. The average molecular weight is 437 g/mol. The minimum Gasteiger partial charge on any atom is -0.377 e. The van der Waals surface area contributed by atoms with Crippen LogP contribution in [0.4, 0.5) is 0 Å². The Bertz CT molecular complexity index is 733. The van der Waals surface area contributed by atoms with Crippen LogP contribution in [0.2, 0.25) is 5.02 Å². The fourth-order valence-electron chi connectivity index (χ4n) is 3.15. The van der Waals surface area contributed by atoms with E-state index < -0.39 is 5.54 Å². The van der Waals surface area contributed by atoms with Gasteiger partial charge in [0.25, 0.3) is 5.91 Å². The highest BCUT2D eigenvalue weighted by molar-refractivity contribution is 6.30. The molecule has 0 unspecified atom stereocenters. The molecule has 0 saturated carbocycles. The molecule has 1 fully saturated rings. The maximum absolute atomic E-state index is 12.9. The molecule has 0 aliphatic carbocycles. The molecule has 164 valence electrons. The number of carbonyl (C=O) groups excluding carboxylic acids is 3. The fraction of sp³-hybridized carbons (Fsp3) is 0.476. The van der Waals surface area contributed by atoms with Crippen molar-refractivity contribution in [3.63, 3.8) is 0 Å². The monoisotopic (exact) mass is 436 g/mol. The topological polar surface area (TPSA) is 109 Å². The molecule has 9 heteroatoms. The second kappa shape index (κ2) is 12.3. The first-order chi connectivity index (χ1) is 14.5. The summed E-state index contributed by atoms with van der Waals surface area (Å²) in [5.74, 6) is -0.720. The van der Waals surface area contributed by atoms with Gasteiger partial charge in [0.1, 0.15) is 5.54 Å². The van der Waals surface area contributed by atoms with E-state index in [4.69, 9.17) is 16.3 Å². The van der Waals surface area contributed by atoms with Gasteiger partial charge in [-0.3, -0.25) is 14.4 Å². The van der Waals surface area contributed by atoms with Gasteiger partial charge in [-0.25, -0.2) is 0 Å². The van der Waals surface area contributed by atoms with Gasteiger partial charge in [0.2, 0.25) is 11.8 Å². The molecule has 0 bridgehead atoms. The Morgan fingerprint density at radius 2 is 1.80 bits per heavy atom. The Balaban J connectivity index is 1.81. The van der Waals surface area contributed by atoms with E-state index in [1.165, 1.54) is 0 Å². The fourth-order valence-corrected chi connectivity index (χ4v) is 3.27. The number of carbonyl (C=O) groups is 3. The van der Waals surface area contributed by atoms with Crippen molar-refractivity contribution in [3.05, 3.63) is 47.5 Å². The Kier molecular flexibility index (Phi) is 9.79. The van der Waals surface area contributed by atoms with Crippen LogP contribution in [0.5, 0.6) is 0 Å². The standard InChI is InChI=1S/C21H29ClN4O4/c1-2-14-30-15-7-18(27)26-21(8-10-23-11-9-21)20(29)25-13-12-24-19(28)16-3-5-17(22)6-4-16/h2-6,23H,1,7-15H2,(H,24,28)(H,25,29)(H,26,27).